The fraction of sp³-hybridized carbons (Fsp3) is 0.0417. The number of nitrogens with zero attached hydrogens (tertiary/aromatic N) is 3. The highest BCUT2D eigenvalue weighted by atomic mass is 35.5. The number of benzene rings is 3. The van der Waals surface area contributed by atoms with Crippen LogP contribution in [0.2, 0.25) is 10.0 Å². The number of aromatic nitrogens is 2. The standard InChI is InChI=1S/C24H16Cl2N4O3/c1-32-22-8-13(6-7-20(22)31)21-11-19(16-9-14(25)10-17(26)23(16)33-21)29-30-24-15-4-2-3-5-18(15)27-12-28-24/h2-12,31H,1H3,(H,27,28,30)/b29-19+. The molecule has 0 bridgehead atoms. The minimum absolute atomic E-state index is 0.0223. The molecule has 9 heteroatoms. The van der Waals surface area contributed by atoms with E-state index in [1.54, 1.807) is 30.3 Å². The van der Waals surface area contributed by atoms with Crippen molar-refractivity contribution < 1.29 is 14.3 Å². The third-order valence-corrected chi connectivity index (χ3v) is 5.55. The molecule has 7 nitrogen and oxygen atoms in total. The molecule has 2 N–H and O–H groups in total. The molecule has 0 spiro atoms. The molecule has 0 fully saturated rings. The molecule has 0 saturated heterocycles. The number of hydrogen-bond acceptors (Lipinski definition) is 7. The van der Waals surface area contributed by atoms with Gasteiger partial charge in [0.25, 0.3) is 0 Å². The lowest BCUT2D eigenvalue weighted by atomic mass is 10.1. The molecular weight excluding hydrogens is 463 g/mol. The predicted molar refractivity (Wildman–Crippen MR) is 129 cm³/mol. The highest BCUT2D eigenvalue weighted by Crippen LogP contribution is 2.34. The van der Waals surface area contributed by atoms with E-state index in [0.717, 1.165) is 10.9 Å². The average Bonchev–Trinajstić information content (AvgIpc) is 2.83. The molecule has 5 aromatic rings. The highest BCUT2D eigenvalue weighted by Gasteiger charge is 2.13. The second-order valence-corrected chi connectivity index (χ2v) is 7.95. The molecule has 0 radical (unpaired) electrons. The van der Waals surface area contributed by atoms with E-state index in [1.807, 2.05) is 24.3 Å². The van der Waals surface area contributed by atoms with Gasteiger partial charge in [0.15, 0.2) is 22.9 Å². The summed E-state index contributed by atoms with van der Waals surface area (Å²) in [6, 6.07) is 17.6. The summed E-state index contributed by atoms with van der Waals surface area (Å²) in [7, 11) is 1.48. The van der Waals surface area contributed by atoms with E-state index < -0.39 is 0 Å². The SMILES string of the molecule is COc1cc(-c2c/c(=N\Nc3ncnc4ccccc34)c3cc(Cl)cc(Cl)c3o2)ccc1O. The van der Waals surface area contributed by atoms with Crippen molar-refractivity contribution in [3.05, 3.63) is 82.4 Å². The summed E-state index contributed by atoms with van der Waals surface area (Å²) in [5.41, 5.74) is 4.90. The van der Waals surface area contributed by atoms with Crippen LogP contribution in [0.4, 0.5) is 5.82 Å². The molecule has 0 aliphatic carbocycles. The maximum absolute atomic E-state index is 9.95. The molecule has 0 amide bonds. The van der Waals surface area contributed by atoms with E-state index in [4.69, 9.17) is 32.4 Å². The van der Waals surface area contributed by atoms with Gasteiger partial charge in [0.1, 0.15) is 12.1 Å². The number of rotatable bonds is 4. The number of para-hydroxylation sites is 1. The summed E-state index contributed by atoms with van der Waals surface area (Å²) < 4.78 is 11.3. The van der Waals surface area contributed by atoms with E-state index in [-0.39, 0.29) is 5.75 Å². The van der Waals surface area contributed by atoms with Gasteiger partial charge in [-0.1, -0.05) is 35.3 Å². The Balaban J connectivity index is 1.71. The maximum atomic E-state index is 9.95. The molecule has 2 heterocycles. The van der Waals surface area contributed by atoms with Crippen LogP contribution in [-0.2, 0) is 0 Å². The van der Waals surface area contributed by atoms with Gasteiger partial charge in [-0.2, -0.15) is 5.10 Å². The van der Waals surface area contributed by atoms with E-state index in [0.29, 0.717) is 49.3 Å². The molecule has 0 aliphatic rings. The molecule has 0 unspecified atom stereocenters. The first-order chi connectivity index (χ1) is 16.0. The third kappa shape index (κ3) is 4.04. The largest absolute Gasteiger partial charge is 0.504 e. The van der Waals surface area contributed by atoms with Gasteiger partial charge in [-0.05, 0) is 42.5 Å². The smallest absolute Gasteiger partial charge is 0.161 e. The monoisotopic (exact) mass is 478 g/mol. The number of halogens is 2. The van der Waals surface area contributed by atoms with Crippen LogP contribution in [0.5, 0.6) is 11.5 Å². The fourth-order valence-corrected chi connectivity index (χ4v) is 4.00. The van der Waals surface area contributed by atoms with Crippen molar-refractivity contribution in [1.82, 2.24) is 9.97 Å². The van der Waals surface area contributed by atoms with E-state index in [9.17, 15) is 5.11 Å². The number of phenolic OH excluding ortho intramolecular Hbond substituents is 1. The van der Waals surface area contributed by atoms with E-state index >= 15 is 0 Å². The summed E-state index contributed by atoms with van der Waals surface area (Å²) in [5, 5.41) is 17.3. The van der Waals surface area contributed by atoms with Gasteiger partial charge in [-0.25, -0.2) is 9.97 Å². The zero-order valence-electron chi connectivity index (χ0n) is 17.2. The van der Waals surface area contributed by atoms with E-state index in [1.165, 1.54) is 19.5 Å². The van der Waals surface area contributed by atoms with Gasteiger partial charge in [-0.3, -0.25) is 5.43 Å². The fourth-order valence-electron chi connectivity index (χ4n) is 3.47. The molecule has 164 valence electrons. The second-order valence-electron chi connectivity index (χ2n) is 7.11. The summed E-state index contributed by atoms with van der Waals surface area (Å²) in [6.45, 7) is 0. The molecule has 2 aromatic heterocycles. The minimum atomic E-state index is 0.0223. The van der Waals surface area contributed by atoms with Crippen molar-refractivity contribution >= 4 is 50.9 Å². The van der Waals surface area contributed by atoms with Crippen molar-refractivity contribution in [2.75, 3.05) is 12.5 Å². The number of nitrogens with one attached hydrogen (secondary N) is 1. The maximum Gasteiger partial charge on any atom is 0.161 e. The van der Waals surface area contributed by atoms with Crippen molar-refractivity contribution in [2.24, 2.45) is 5.10 Å². The number of aromatic hydroxyl groups is 1. The van der Waals surface area contributed by atoms with E-state index in [2.05, 4.69) is 20.5 Å². The van der Waals surface area contributed by atoms with Crippen LogP contribution in [0.25, 0.3) is 33.2 Å². The van der Waals surface area contributed by atoms with Gasteiger partial charge in [0, 0.05) is 27.4 Å². The molecule has 5 rings (SSSR count). The van der Waals surface area contributed by atoms with Crippen LogP contribution >= 0.6 is 23.2 Å². The normalized spacial score (nSPS) is 11.8. The molecule has 3 aromatic carbocycles. The Morgan fingerprint density at radius 3 is 2.70 bits per heavy atom. The number of methoxy groups -OCH3 is 1. The highest BCUT2D eigenvalue weighted by molar-refractivity contribution is 6.38. The first kappa shape index (κ1) is 21.1. The lowest BCUT2D eigenvalue weighted by molar-refractivity contribution is 0.373. The molecule has 0 aliphatic heterocycles. The number of anilines is 1. The van der Waals surface area contributed by atoms with Crippen molar-refractivity contribution in [3.63, 3.8) is 0 Å². The quantitative estimate of drug-likeness (QED) is 0.308. The second kappa shape index (κ2) is 8.61. The van der Waals surface area contributed by atoms with Crippen molar-refractivity contribution in [3.8, 4) is 22.8 Å². The topological polar surface area (TPSA) is 92.8 Å². The van der Waals surface area contributed by atoms with Gasteiger partial charge >= 0.3 is 0 Å². The van der Waals surface area contributed by atoms with Crippen LogP contribution < -0.4 is 15.5 Å². The first-order valence-corrected chi connectivity index (χ1v) is 10.6. The van der Waals surface area contributed by atoms with Gasteiger partial charge in [0.05, 0.1) is 23.0 Å². The predicted octanol–water partition coefficient (Wildman–Crippen LogP) is 5.99. The Kier molecular flexibility index (Phi) is 5.50. The summed E-state index contributed by atoms with van der Waals surface area (Å²) in [6.07, 6.45) is 1.47. The lowest BCUT2D eigenvalue weighted by Crippen LogP contribution is -2.08. The van der Waals surface area contributed by atoms with Crippen LogP contribution in [0.1, 0.15) is 0 Å². The Labute approximate surface area is 197 Å². The van der Waals surface area contributed by atoms with Crippen LogP contribution in [-0.4, -0.2) is 22.2 Å². The first-order valence-electron chi connectivity index (χ1n) is 9.83. The van der Waals surface area contributed by atoms with Crippen molar-refractivity contribution in [2.45, 2.75) is 0 Å². The lowest BCUT2D eigenvalue weighted by Gasteiger charge is -2.09. The molecule has 0 atom stereocenters. The Bertz CT molecular complexity index is 1580. The molecule has 0 saturated carbocycles. The Morgan fingerprint density at radius 2 is 1.85 bits per heavy atom. The van der Waals surface area contributed by atoms with Crippen LogP contribution in [0, 0.1) is 0 Å². The summed E-state index contributed by atoms with van der Waals surface area (Å²) in [4.78, 5) is 8.59. The van der Waals surface area contributed by atoms with Crippen LogP contribution in [0.15, 0.2) is 76.5 Å². The minimum Gasteiger partial charge on any atom is -0.504 e. The number of phenols is 1. The molecular formula is C24H16Cl2N4O3. The van der Waals surface area contributed by atoms with Gasteiger partial charge in [0.2, 0.25) is 0 Å². The van der Waals surface area contributed by atoms with Gasteiger partial charge < -0.3 is 14.3 Å². The number of hydrogen-bond donors (Lipinski definition) is 2. The Hall–Kier alpha value is -3.81. The summed E-state index contributed by atoms with van der Waals surface area (Å²) in [5.74, 6) is 1.36. The zero-order valence-corrected chi connectivity index (χ0v) is 18.7. The molecule has 33 heavy (non-hydrogen) atoms. The average molecular weight is 479 g/mol. The summed E-state index contributed by atoms with van der Waals surface area (Å²) >= 11 is 12.7. The van der Waals surface area contributed by atoms with Crippen LogP contribution in [0.3, 0.4) is 0 Å². The van der Waals surface area contributed by atoms with Gasteiger partial charge in [-0.15, -0.1) is 0 Å². The Morgan fingerprint density at radius 1 is 1.00 bits per heavy atom. The third-order valence-electron chi connectivity index (χ3n) is 5.05. The van der Waals surface area contributed by atoms with Crippen molar-refractivity contribution in [1.29, 1.82) is 0 Å². The number of fused-ring (bicyclic) bond motifs is 2. The zero-order chi connectivity index (χ0) is 22.9. The number of ether oxygens (including phenoxy) is 1.